The quantitative estimate of drug-likeness (QED) is 0.742. The first kappa shape index (κ1) is 18.9. The Labute approximate surface area is 152 Å². The minimum absolute atomic E-state index is 0.230. The van der Waals surface area contributed by atoms with Crippen LogP contribution in [0.2, 0.25) is 0 Å². The molecule has 0 fully saturated rings. The van der Waals surface area contributed by atoms with E-state index in [9.17, 15) is 4.79 Å². The van der Waals surface area contributed by atoms with Crippen molar-refractivity contribution in [3.63, 3.8) is 0 Å². The van der Waals surface area contributed by atoms with E-state index < -0.39 is 0 Å². The first-order chi connectivity index (χ1) is 12.7. The summed E-state index contributed by atoms with van der Waals surface area (Å²) in [5.74, 6) is 7.55. The van der Waals surface area contributed by atoms with E-state index in [2.05, 4.69) is 27.5 Å². The third kappa shape index (κ3) is 6.24. The molecule has 2 aromatic rings. The molecule has 0 aliphatic carbocycles. The summed E-state index contributed by atoms with van der Waals surface area (Å²) in [6.45, 7) is 0.832. The van der Waals surface area contributed by atoms with Crippen molar-refractivity contribution in [1.29, 1.82) is 0 Å². The van der Waals surface area contributed by atoms with Crippen LogP contribution in [-0.4, -0.2) is 38.4 Å². The van der Waals surface area contributed by atoms with Crippen molar-refractivity contribution in [2.24, 2.45) is 0 Å². The fourth-order valence-electron chi connectivity index (χ4n) is 2.03. The van der Waals surface area contributed by atoms with Crippen LogP contribution < -0.4 is 24.8 Å². The summed E-state index contributed by atoms with van der Waals surface area (Å²) in [7, 11) is 3.14. The Morgan fingerprint density at radius 2 is 1.96 bits per heavy atom. The van der Waals surface area contributed by atoms with Gasteiger partial charge in [0.1, 0.15) is 12.4 Å². The Bertz CT molecular complexity index is 769. The third-order valence-electron chi connectivity index (χ3n) is 3.31. The van der Waals surface area contributed by atoms with Gasteiger partial charge < -0.3 is 24.8 Å². The number of carbonyl (C=O) groups excluding carboxylic acids is 1. The molecule has 7 nitrogen and oxygen atoms in total. The number of carbonyl (C=O) groups is 1. The van der Waals surface area contributed by atoms with E-state index in [1.165, 1.54) is 0 Å². The van der Waals surface area contributed by atoms with Crippen molar-refractivity contribution < 1.29 is 19.0 Å². The van der Waals surface area contributed by atoms with Gasteiger partial charge in [-0.25, -0.2) is 4.79 Å². The molecule has 136 valence electrons. The first-order valence-corrected chi connectivity index (χ1v) is 7.94. The lowest BCUT2D eigenvalue weighted by Gasteiger charge is -2.10. The van der Waals surface area contributed by atoms with Crippen LogP contribution in [0.15, 0.2) is 42.7 Å². The molecule has 0 radical (unpaired) electrons. The third-order valence-corrected chi connectivity index (χ3v) is 3.31. The van der Waals surface area contributed by atoms with Gasteiger partial charge in [0.05, 0.1) is 27.0 Å². The van der Waals surface area contributed by atoms with Crippen LogP contribution in [0.5, 0.6) is 17.2 Å². The summed E-state index contributed by atoms with van der Waals surface area (Å²) < 4.78 is 15.8. The smallest absolute Gasteiger partial charge is 0.315 e. The number of nitrogens with one attached hydrogen (secondary N) is 2. The van der Waals surface area contributed by atoms with E-state index in [1.807, 2.05) is 12.1 Å². The molecule has 0 saturated carbocycles. The average molecular weight is 355 g/mol. The van der Waals surface area contributed by atoms with Crippen LogP contribution in [0.3, 0.4) is 0 Å². The molecule has 1 aromatic carbocycles. The molecular formula is C19H21N3O4. The maximum Gasteiger partial charge on any atom is 0.315 e. The largest absolute Gasteiger partial charge is 0.493 e. The van der Waals surface area contributed by atoms with Crippen molar-refractivity contribution in [2.45, 2.75) is 6.54 Å². The topological polar surface area (TPSA) is 81.7 Å². The van der Waals surface area contributed by atoms with Gasteiger partial charge in [-0.2, -0.15) is 0 Å². The molecule has 0 aliphatic rings. The Balaban J connectivity index is 1.67. The standard InChI is InChI=1S/C19H21N3O4/c1-24-17-8-7-15(12-18(17)25-2)13-22-19(23)21-10-3-4-11-26-16-6-5-9-20-14-16/h5-9,12,14H,10-11,13H2,1-2H3,(H2,21,22,23). The number of hydrogen-bond acceptors (Lipinski definition) is 5. The van der Waals surface area contributed by atoms with Gasteiger partial charge in [-0.15, -0.1) is 0 Å². The molecule has 26 heavy (non-hydrogen) atoms. The molecule has 0 bridgehead atoms. The Hall–Kier alpha value is -3.40. The van der Waals surface area contributed by atoms with Gasteiger partial charge >= 0.3 is 6.03 Å². The monoisotopic (exact) mass is 355 g/mol. The zero-order valence-electron chi connectivity index (χ0n) is 14.7. The Kier molecular flexibility index (Phi) is 7.62. The number of benzene rings is 1. The lowest BCUT2D eigenvalue weighted by molar-refractivity contribution is 0.241. The fraction of sp³-hybridized carbons (Fsp3) is 0.263. The number of amides is 2. The maximum absolute atomic E-state index is 11.8. The molecule has 1 aromatic heterocycles. The molecule has 7 heteroatoms. The predicted molar refractivity (Wildman–Crippen MR) is 97.3 cm³/mol. The molecule has 0 spiro atoms. The van der Waals surface area contributed by atoms with Gasteiger partial charge in [0.25, 0.3) is 0 Å². The summed E-state index contributed by atoms with van der Waals surface area (Å²) in [5, 5.41) is 5.41. The molecule has 2 rings (SSSR count). The maximum atomic E-state index is 11.8. The van der Waals surface area contributed by atoms with E-state index in [-0.39, 0.29) is 19.2 Å². The second-order valence-electron chi connectivity index (χ2n) is 5.06. The van der Waals surface area contributed by atoms with E-state index in [0.717, 1.165) is 5.56 Å². The van der Waals surface area contributed by atoms with Crippen molar-refractivity contribution in [2.75, 3.05) is 27.4 Å². The van der Waals surface area contributed by atoms with Crippen molar-refractivity contribution in [3.05, 3.63) is 48.3 Å². The van der Waals surface area contributed by atoms with Gasteiger partial charge in [0.2, 0.25) is 0 Å². The lowest BCUT2D eigenvalue weighted by Crippen LogP contribution is -2.35. The molecule has 0 aliphatic heterocycles. The molecular weight excluding hydrogens is 334 g/mol. The number of pyridine rings is 1. The van der Waals surface area contributed by atoms with Crippen LogP contribution in [-0.2, 0) is 6.54 Å². The second-order valence-corrected chi connectivity index (χ2v) is 5.06. The predicted octanol–water partition coefficient (Wildman–Crippen LogP) is 1.98. The highest BCUT2D eigenvalue weighted by atomic mass is 16.5. The second kappa shape index (κ2) is 10.5. The minimum Gasteiger partial charge on any atom is -0.493 e. The lowest BCUT2D eigenvalue weighted by atomic mass is 10.2. The van der Waals surface area contributed by atoms with Gasteiger partial charge in [0, 0.05) is 12.7 Å². The number of rotatable bonds is 7. The Morgan fingerprint density at radius 1 is 1.12 bits per heavy atom. The van der Waals surface area contributed by atoms with E-state index in [1.54, 1.807) is 44.8 Å². The zero-order chi connectivity index (χ0) is 18.6. The number of methoxy groups -OCH3 is 2. The highest BCUT2D eigenvalue weighted by Gasteiger charge is 2.05. The Morgan fingerprint density at radius 3 is 2.69 bits per heavy atom. The average Bonchev–Trinajstić information content (AvgIpc) is 2.69. The fourth-order valence-corrected chi connectivity index (χ4v) is 2.03. The van der Waals surface area contributed by atoms with E-state index in [0.29, 0.717) is 23.8 Å². The van der Waals surface area contributed by atoms with Crippen LogP contribution in [0.25, 0.3) is 0 Å². The number of aromatic nitrogens is 1. The highest BCUT2D eigenvalue weighted by Crippen LogP contribution is 2.27. The summed E-state index contributed by atoms with van der Waals surface area (Å²) >= 11 is 0. The van der Waals surface area contributed by atoms with E-state index >= 15 is 0 Å². The zero-order valence-corrected chi connectivity index (χ0v) is 14.7. The highest BCUT2D eigenvalue weighted by molar-refractivity contribution is 5.74. The summed E-state index contributed by atoms with van der Waals surface area (Å²) in [4.78, 5) is 15.7. The van der Waals surface area contributed by atoms with Crippen LogP contribution in [0, 0.1) is 11.8 Å². The first-order valence-electron chi connectivity index (χ1n) is 7.94. The van der Waals surface area contributed by atoms with Crippen molar-refractivity contribution >= 4 is 6.03 Å². The number of urea groups is 1. The van der Waals surface area contributed by atoms with Crippen molar-refractivity contribution in [3.8, 4) is 29.1 Å². The number of nitrogens with zero attached hydrogens (tertiary/aromatic N) is 1. The summed E-state index contributed by atoms with van der Waals surface area (Å²) in [5.41, 5.74) is 0.897. The summed E-state index contributed by atoms with van der Waals surface area (Å²) in [6.07, 6.45) is 3.28. The van der Waals surface area contributed by atoms with Crippen LogP contribution >= 0.6 is 0 Å². The molecule has 0 atom stereocenters. The van der Waals surface area contributed by atoms with E-state index in [4.69, 9.17) is 14.2 Å². The van der Waals surface area contributed by atoms with Gasteiger partial charge in [0.15, 0.2) is 11.5 Å². The molecule has 2 amide bonds. The van der Waals surface area contributed by atoms with Crippen LogP contribution in [0.1, 0.15) is 5.56 Å². The van der Waals surface area contributed by atoms with Crippen LogP contribution in [0.4, 0.5) is 4.79 Å². The molecule has 0 saturated heterocycles. The number of hydrogen-bond donors (Lipinski definition) is 2. The SMILES string of the molecule is COc1ccc(CNC(=O)NCC#CCOc2cccnc2)cc1OC. The minimum atomic E-state index is -0.303. The van der Waals surface area contributed by atoms with Crippen molar-refractivity contribution in [1.82, 2.24) is 15.6 Å². The number of ether oxygens (including phenoxy) is 3. The summed E-state index contributed by atoms with van der Waals surface area (Å²) in [6, 6.07) is 8.75. The normalized spacial score (nSPS) is 9.46. The molecule has 2 N–H and O–H groups in total. The van der Waals surface area contributed by atoms with Gasteiger partial charge in [-0.3, -0.25) is 4.98 Å². The van der Waals surface area contributed by atoms with Gasteiger partial charge in [-0.05, 0) is 29.8 Å². The van der Waals surface area contributed by atoms with Gasteiger partial charge in [-0.1, -0.05) is 17.9 Å². The molecule has 0 unspecified atom stereocenters. The molecule has 1 heterocycles.